The van der Waals surface area contributed by atoms with Crippen molar-refractivity contribution >= 4 is 17.8 Å². The molecular formula is C18H26FN5O3. The van der Waals surface area contributed by atoms with Crippen molar-refractivity contribution in [2.75, 3.05) is 25.0 Å². The number of carbonyl (C=O) groups excluding carboxylic acids is 1. The summed E-state index contributed by atoms with van der Waals surface area (Å²) in [6.07, 6.45) is 4.95. The topological polar surface area (TPSA) is 98.7 Å². The fourth-order valence-corrected chi connectivity index (χ4v) is 3.94. The Morgan fingerprint density at radius 2 is 2.11 bits per heavy atom. The minimum atomic E-state index is -0.951. The number of anilines is 1. The van der Waals surface area contributed by atoms with Crippen LogP contribution in [0.1, 0.15) is 32.1 Å². The summed E-state index contributed by atoms with van der Waals surface area (Å²) in [5, 5.41) is 12.0. The molecule has 1 aliphatic heterocycles. The van der Waals surface area contributed by atoms with E-state index in [2.05, 4.69) is 15.3 Å². The van der Waals surface area contributed by atoms with Crippen LogP contribution in [-0.4, -0.2) is 70.4 Å². The minimum absolute atomic E-state index is 0.00832. The summed E-state index contributed by atoms with van der Waals surface area (Å²) in [5.41, 5.74) is 0. The summed E-state index contributed by atoms with van der Waals surface area (Å²) < 4.78 is 14.0. The molecule has 2 amide bonds. The van der Waals surface area contributed by atoms with Crippen molar-refractivity contribution in [1.29, 1.82) is 0 Å². The van der Waals surface area contributed by atoms with E-state index in [1.807, 2.05) is 4.90 Å². The van der Waals surface area contributed by atoms with E-state index in [9.17, 15) is 14.0 Å². The number of urea groups is 1. The van der Waals surface area contributed by atoms with Crippen LogP contribution in [0, 0.1) is 5.92 Å². The lowest BCUT2D eigenvalue weighted by molar-refractivity contribution is -0.142. The first-order valence-corrected chi connectivity index (χ1v) is 9.35. The maximum Gasteiger partial charge on any atom is 0.317 e. The third kappa shape index (κ3) is 4.84. The molecule has 1 saturated carbocycles. The van der Waals surface area contributed by atoms with Crippen LogP contribution in [0.4, 0.5) is 15.0 Å². The highest BCUT2D eigenvalue weighted by Crippen LogP contribution is 2.27. The fraction of sp³-hybridized carbons (Fsp3) is 0.667. The van der Waals surface area contributed by atoms with Gasteiger partial charge in [0.05, 0.1) is 18.5 Å². The van der Waals surface area contributed by atoms with E-state index in [4.69, 9.17) is 5.11 Å². The van der Waals surface area contributed by atoms with Gasteiger partial charge in [-0.15, -0.1) is 0 Å². The molecule has 1 saturated heterocycles. The highest BCUT2D eigenvalue weighted by Gasteiger charge is 2.35. The lowest BCUT2D eigenvalue weighted by Crippen LogP contribution is -2.48. The number of nitrogens with zero attached hydrogens (tertiary/aromatic N) is 4. The Bertz CT molecular complexity index is 654. The normalized spacial score (nSPS) is 28.0. The number of rotatable bonds is 5. The Labute approximate surface area is 157 Å². The number of likely N-dealkylation sites (N-methyl/N-ethyl adjacent to an activating group) is 1. The van der Waals surface area contributed by atoms with Crippen LogP contribution in [0.25, 0.3) is 0 Å². The fourth-order valence-electron chi connectivity index (χ4n) is 3.94. The predicted octanol–water partition coefficient (Wildman–Crippen LogP) is 1.68. The molecule has 2 heterocycles. The van der Waals surface area contributed by atoms with Crippen LogP contribution in [0.2, 0.25) is 0 Å². The maximum atomic E-state index is 14.0. The van der Waals surface area contributed by atoms with Crippen molar-refractivity contribution in [3.05, 3.63) is 18.6 Å². The van der Waals surface area contributed by atoms with Gasteiger partial charge in [0.15, 0.2) is 0 Å². The van der Waals surface area contributed by atoms with Crippen molar-refractivity contribution in [1.82, 2.24) is 20.2 Å². The third-order valence-electron chi connectivity index (χ3n) is 5.46. The summed E-state index contributed by atoms with van der Waals surface area (Å²) in [7, 11) is 1.70. The third-order valence-corrected chi connectivity index (χ3v) is 5.46. The van der Waals surface area contributed by atoms with Crippen LogP contribution >= 0.6 is 0 Å². The van der Waals surface area contributed by atoms with Gasteiger partial charge in [-0.05, 0) is 31.7 Å². The Morgan fingerprint density at radius 3 is 2.74 bits per heavy atom. The lowest BCUT2D eigenvalue weighted by atomic mass is 9.86. The summed E-state index contributed by atoms with van der Waals surface area (Å²) in [5.74, 6) is -0.406. The van der Waals surface area contributed by atoms with Crippen LogP contribution in [0.3, 0.4) is 0 Å². The van der Waals surface area contributed by atoms with Gasteiger partial charge in [-0.3, -0.25) is 4.79 Å². The molecule has 9 heteroatoms. The quantitative estimate of drug-likeness (QED) is 0.808. The Hall–Kier alpha value is -2.45. The molecule has 27 heavy (non-hydrogen) atoms. The van der Waals surface area contributed by atoms with Crippen molar-refractivity contribution in [2.45, 2.75) is 50.4 Å². The van der Waals surface area contributed by atoms with Gasteiger partial charge >= 0.3 is 12.0 Å². The van der Waals surface area contributed by atoms with Crippen molar-refractivity contribution < 1.29 is 19.1 Å². The molecule has 2 N–H and O–H groups in total. The van der Waals surface area contributed by atoms with E-state index >= 15 is 0 Å². The zero-order valence-electron chi connectivity index (χ0n) is 15.4. The largest absolute Gasteiger partial charge is 0.481 e. The monoisotopic (exact) mass is 379 g/mol. The SMILES string of the molecule is CN(C[C@@H]1C[C@H](F)CN1c1ccncn1)C(=O)NC1CCC(C(=O)O)CC1. The lowest BCUT2D eigenvalue weighted by Gasteiger charge is -2.31. The number of amides is 2. The average molecular weight is 379 g/mol. The van der Waals surface area contributed by atoms with Crippen LogP contribution in [0.5, 0.6) is 0 Å². The Morgan fingerprint density at radius 1 is 1.37 bits per heavy atom. The van der Waals surface area contributed by atoms with Gasteiger partial charge in [0.25, 0.3) is 0 Å². The number of hydrogen-bond acceptors (Lipinski definition) is 5. The zero-order valence-corrected chi connectivity index (χ0v) is 15.4. The average Bonchev–Trinajstić information content (AvgIpc) is 3.03. The first-order valence-electron chi connectivity index (χ1n) is 9.35. The Balaban J connectivity index is 1.52. The molecule has 0 unspecified atom stereocenters. The Kier molecular flexibility index (Phi) is 6.08. The summed E-state index contributed by atoms with van der Waals surface area (Å²) in [4.78, 5) is 35.1. The summed E-state index contributed by atoms with van der Waals surface area (Å²) in [6.45, 7) is 0.650. The molecule has 0 aromatic carbocycles. The molecule has 0 radical (unpaired) electrons. The first kappa shape index (κ1) is 19.3. The molecule has 2 fully saturated rings. The van der Waals surface area contributed by atoms with E-state index in [1.165, 1.54) is 6.33 Å². The van der Waals surface area contributed by atoms with Gasteiger partial charge in [0.2, 0.25) is 0 Å². The van der Waals surface area contributed by atoms with E-state index in [0.717, 1.165) is 0 Å². The number of aliphatic carboxylic acids is 1. The highest BCUT2D eigenvalue weighted by molar-refractivity contribution is 5.74. The van der Waals surface area contributed by atoms with Gasteiger partial charge in [-0.1, -0.05) is 0 Å². The van der Waals surface area contributed by atoms with Crippen LogP contribution in [0.15, 0.2) is 18.6 Å². The zero-order chi connectivity index (χ0) is 19.4. The van der Waals surface area contributed by atoms with Gasteiger partial charge in [-0.25, -0.2) is 19.2 Å². The highest BCUT2D eigenvalue weighted by atomic mass is 19.1. The van der Waals surface area contributed by atoms with Crippen LogP contribution in [-0.2, 0) is 4.79 Å². The minimum Gasteiger partial charge on any atom is -0.481 e. The molecule has 8 nitrogen and oxygen atoms in total. The molecular weight excluding hydrogens is 353 g/mol. The molecule has 1 aromatic heterocycles. The summed E-state index contributed by atoms with van der Waals surface area (Å²) >= 11 is 0. The smallest absolute Gasteiger partial charge is 0.317 e. The number of carboxylic acid groups (broad SMARTS) is 1. The molecule has 148 valence electrons. The van der Waals surface area contributed by atoms with Gasteiger partial charge in [0.1, 0.15) is 18.3 Å². The van der Waals surface area contributed by atoms with Crippen molar-refractivity contribution in [3.63, 3.8) is 0 Å². The van der Waals surface area contributed by atoms with Crippen LogP contribution < -0.4 is 10.2 Å². The molecule has 1 aromatic rings. The van der Waals surface area contributed by atoms with Gasteiger partial charge in [0, 0.05) is 32.3 Å². The molecule has 1 aliphatic carbocycles. The standard InChI is InChI=1S/C18H26FN5O3/c1-23(18(27)22-14-4-2-12(3-5-14)17(25)26)10-15-8-13(19)9-24(15)16-6-7-20-11-21-16/h6-7,11-15H,2-5,8-10H2,1H3,(H,22,27)(H,25,26)/t12?,13-,14?,15-/m0/s1. The number of halogens is 1. The number of hydrogen-bond donors (Lipinski definition) is 2. The van der Waals surface area contributed by atoms with E-state index < -0.39 is 12.1 Å². The maximum absolute atomic E-state index is 14.0. The van der Waals surface area contributed by atoms with E-state index in [0.29, 0.717) is 44.5 Å². The first-order chi connectivity index (χ1) is 12.9. The molecule has 2 atom stereocenters. The van der Waals surface area contributed by atoms with E-state index in [1.54, 1.807) is 24.2 Å². The summed E-state index contributed by atoms with van der Waals surface area (Å²) in [6, 6.07) is 1.38. The number of nitrogens with one attached hydrogen (secondary N) is 1. The second kappa shape index (κ2) is 8.49. The number of alkyl halides is 1. The predicted molar refractivity (Wildman–Crippen MR) is 97.2 cm³/mol. The van der Waals surface area contributed by atoms with Gasteiger partial charge < -0.3 is 20.2 Å². The molecule has 0 bridgehead atoms. The second-order valence-electron chi connectivity index (χ2n) is 7.42. The molecule has 3 rings (SSSR count). The van der Waals surface area contributed by atoms with Crippen molar-refractivity contribution in [3.8, 4) is 0 Å². The molecule has 2 aliphatic rings. The molecule has 0 spiro atoms. The second-order valence-corrected chi connectivity index (χ2v) is 7.42. The van der Waals surface area contributed by atoms with E-state index in [-0.39, 0.29) is 30.6 Å². The van der Waals surface area contributed by atoms with Crippen molar-refractivity contribution in [2.24, 2.45) is 5.92 Å². The number of carboxylic acids is 1. The number of aromatic nitrogens is 2. The number of carbonyl (C=O) groups is 2. The van der Waals surface area contributed by atoms with Gasteiger partial charge in [-0.2, -0.15) is 0 Å².